The summed E-state index contributed by atoms with van der Waals surface area (Å²) in [5, 5.41) is 3.64. The van der Waals surface area contributed by atoms with Gasteiger partial charge in [-0.15, -0.1) is 6.42 Å². The Bertz CT molecular complexity index is 1110. The van der Waals surface area contributed by atoms with Gasteiger partial charge in [0.2, 0.25) is 5.91 Å². The molecule has 27 heavy (non-hydrogen) atoms. The van der Waals surface area contributed by atoms with Crippen molar-refractivity contribution < 1.29 is 4.79 Å². The smallest absolute Gasteiger partial charge is 0.266 e. The first-order valence-electron chi connectivity index (χ1n) is 8.43. The highest BCUT2D eigenvalue weighted by Crippen LogP contribution is 2.23. The molecule has 0 aliphatic carbocycles. The zero-order valence-electron chi connectivity index (χ0n) is 15.2. The third-order valence-corrected chi connectivity index (χ3v) is 5.01. The van der Waals surface area contributed by atoms with Gasteiger partial charge in [0.15, 0.2) is 5.16 Å². The highest BCUT2D eigenvalue weighted by Gasteiger charge is 2.16. The molecule has 0 spiro atoms. The number of nitrogens with zero attached hydrogens (tertiary/aromatic N) is 2. The second-order valence-electron chi connectivity index (χ2n) is 6.11. The summed E-state index contributed by atoms with van der Waals surface area (Å²) in [7, 11) is 0. The Hall–Kier alpha value is -3.04. The van der Waals surface area contributed by atoms with Crippen LogP contribution in [-0.4, -0.2) is 27.8 Å². The molecule has 1 N–H and O–H groups in total. The lowest BCUT2D eigenvalue weighted by Gasteiger charge is -2.15. The van der Waals surface area contributed by atoms with Gasteiger partial charge in [0.25, 0.3) is 5.56 Å². The minimum Gasteiger partial charge on any atom is -0.344 e. The molecule has 1 heterocycles. The van der Waals surface area contributed by atoms with E-state index in [4.69, 9.17) is 6.42 Å². The number of benzene rings is 2. The minimum atomic E-state index is -0.201. The Kier molecular flexibility index (Phi) is 5.63. The van der Waals surface area contributed by atoms with Crippen LogP contribution in [0.4, 0.5) is 0 Å². The van der Waals surface area contributed by atoms with E-state index < -0.39 is 0 Å². The summed E-state index contributed by atoms with van der Waals surface area (Å²) in [6, 6.07) is 13.1. The first-order chi connectivity index (χ1) is 13.0. The van der Waals surface area contributed by atoms with Crippen LogP contribution < -0.4 is 10.9 Å². The highest BCUT2D eigenvalue weighted by atomic mass is 32.2. The van der Waals surface area contributed by atoms with Crippen LogP contribution >= 0.6 is 11.8 Å². The van der Waals surface area contributed by atoms with Crippen molar-refractivity contribution in [2.75, 3.05) is 12.3 Å². The Balaban J connectivity index is 2.13. The molecule has 1 aromatic heterocycles. The van der Waals surface area contributed by atoms with Crippen LogP contribution in [0.1, 0.15) is 11.1 Å². The van der Waals surface area contributed by atoms with Crippen molar-refractivity contribution in [3.8, 4) is 18.0 Å². The second kappa shape index (κ2) is 8.11. The number of hydrogen-bond donors (Lipinski definition) is 1. The molecule has 0 saturated carbocycles. The van der Waals surface area contributed by atoms with E-state index in [-0.39, 0.29) is 23.8 Å². The fourth-order valence-corrected chi connectivity index (χ4v) is 3.55. The third-order valence-electron chi connectivity index (χ3n) is 4.07. The van der Waals surface area contributed by atoms with Crippen molar-refractivity contribution in [2.45, 2.75) is 19.0 Å². The Morgan fingerprint density at radius 2 is 2.04 bits per heavy atom. The molecule has 0 radical (unpaired) electrons. The van der Waals surface area contributed by atoms with Crippen molar-refractivity contribution in [3.05, 3.63) is 63.9 Å². The van der Waals surface area contributed by atoms with E-state index in [1.54, 1.807) is 16.7 Å². The summed E-state index contributed by atoms with van der Waals surface area (Å²) in [4.78, 5) is 29.8. The number of aryl methyl sites for hydroxylation is 2. The van der Waals surface area contributed by atoms with Crippen molar-refractivity contribution in [1.82, 2.24) is 14.9 Å². The molecule has 3 aromatic rings. The molecule has 1 amide bonds. The van der Waals surface area contributed by atoms with Gasteiger partial charge in [0.05, 0.1) is 28.9 Å². The molecule has 0 unspecified atom stereocenters. The topological polar surface area (TPSA) is 64.0 Å². The van der Waals surface area contributed by atoms with Crippen LogP contribution in [0.15, 0.2) is 52.4 Å². The minimum absolute atomic E-state index is 0.122. The van der Waals surface area contributed by atoms with Gasteiger partial charge in [-0.2, -0.15) is 0 Å². The number of hydrogen-bond acceptors (Lipinski definition) is 4. The SMILES string of the molecule is C#CCNC(=O)CSc1nc2ccccc2c(=O)n1-c1cc(C)ccc1C. The monoisotopic (exact) mass is 377 g/mol. The number of carbonyl (C=O) groups is 1. The van der Waals surface area contributed by atoms with Crippen LogP contribution in [0.3, 0.4) is 0 Å². The number of terminal acetylenes is 1. The molecule has 0 fully saturated rings. The number of thioether (sulfide) groups is 1. The van der Waals surface area contributed by atoms with Crippen LogP contribution in [0, 0.1) is 26.2 Å². The average Bonchev–Trinajstić information content (AvgIpc) is 2.67. The summed E-state index contributed by atoms with van der Waals surface area (Å²) >= 11 is 1.22. The van der Waals surface area contributed by atoms with E-state index in [1.807, 2.05) is 44.2 Å². The van der Waals surface area contributed by atoms with Crippen LogP contribution in [-0.2, 0) is 4.79 Å². The van der Waals surface area contributed by atoms with Gasteiger partial charge in [0.1, 0.15) is 0 Å². The van der Waals surface area contributed by atoms with Crippen molar-refractivity contribution in [3.63, 3.8) is 0 Å². The van der Waals surface area contributed by atoms with Crippen LogP contribution in [0.25, 0.3) is 16.6 Å². The van der Waals surface area contributed by atoms with Gasteiger partial charge in [-0.05, 0) is 43.2 Å². The summed E-state index contributed by atoms with van der Waals surface area (Å²) in [6.07, 6.45) is 5.17. The third kappa shape index (κ3) is 4.04. The second-order valence-corrected chi connectivity index (χ2v) is 7.05. The predicted molar refractivity (Wildman–Crippen MR) is 109 cm³/mol. The van der Waals surface area contributed by atoms with E-state index in [2.05, 4.69) is 16.2 Å². The molecule has 3 rings (SSSR count). The fraction of sp³-hybridized carbons (Fsp3) is 0.190. The van der Waals surface area contributed by atoms with Crippen LogP contribution in [0.2, 0.25) is 0 Å². The highest BCUT2D eigenvalue weighted by molar-refractivity contribution is 7.99. The number of fused-ring (bicyclic) bond motifs is 1. The summed E-state index contributed by atoms with van der Waals surface area (Å²) in [6.45, 7) is 4.10. The maximum atomic E-state index is 13.2. The number of carbonyl (C=O) groups excluding carboxylic acids is 1. The quantitative estimate of drug-likeness (QED) is 0.422. The van der Waals surface area contributed by atoms with Crippen molar-refractivity contribution >= 4 is 28.6 Å². The lowest BCUT2D eigenvalue weighted by Crippen LogP contribution is -2.27. The van der Waals surface area contributed by atoms with E-state index in [0.717, 1.165) is 16.8 Å². The zero-order chi connectivity index (χ0) is 19.4. The Morgan fingerprint density at radius 3 is 2.81 bits per heavy atom. The van der Waals surface area contributed by atoms with Gasteiger partial charge >= 0.3 is 0 Å². The van der Waals surface area contributed by atoms with E-state index in [9.17, 15) is 9.59 Å². The van der Waals surface area contributed by atoms with Gasteiger partial charge in [0, 0.05) is 0 Å². The van der Waals surface area contributed by atoms with E-state index in [1.165, 1.54) is 11.8 Å². The largest absolute Gasteiger partial charge is 0.344 e. The maximum Gasteiger partial charge on any atom is 0.266 e. The Labute approximate surface area is 161 Å². The summed E-state index contributed by atoms with van der Waals surface area (Å²) < 4.78 is 1.59. The number of para-hydroxylation sites is 1. The normalized spacial score (nSPS) is 10.6. The molecule has 2 aromatic carbocycles. The molecule has 0 aliphatic rings. The first-order valence-corrected chi connectivity index (χ1v) is 9.42. The Morgan fingerprint density at radius 1 is 1.26 bits per heavy atom. The number of aromatic nitrogens is 2. The summed E-state index contributed by atoms with van der Waals surface area (Å²) in [5.74, 6) is 2.29. The molecule has 0 atom stereocenters. The number of rotatable bonds is 5. The number of amides is 1. The van der Waals surface area contributed by atoms with Gasteiger partial charge in [-0.1, -0.05) is 41.9 Å². The zero-order valence-corrected chi connectivity index (χ0v) is 16.0. The first kappa shape index (κ1) is 18.7. The standard InChI is InChI=1S/C21H19N3O2S/c1-4-11-22-19(25)13-27-21-23-17-8-6-5-7-16(17)20(26)24(21)18-12-14(2)9-10-15(18)3/h1,5-10,12H,11,13H2,2-3H3,(H,22,25). The van der Waals surface area contributed by atoms with E-state index >= 15 is 0 Å². The van der Waals surface area contributed by atoms with Gasteiger partial charge in [-0.25, -0.2) is 4.98 Å². The number of nitrogens with one attached hydrogen (secondary N) is 1. The van der Waals surface area contributed by atoms with Crippen molar-refractivity contribution in [1.29, 1.82) is 0 Å². The van der Waals surface area contributed by atoms with Gasteiger partial charge in [-0.3, -0.25) is 14.2 Å². The summed E-state index contributed by atoms with van der Waals surface area (Å²) in [5.41, 5.74) is 3.22. The lowest BCUT2D eigenvalue weighted by atomic mass is 10.1. The predicted octanol–water partition coefficient (Wildman–Crippen LogP) is 2.84. The van der Waals surface area contributed by atoms with Crippen molar-refractivity contribution in [2.24, 2.45) is 0 Å². The molecule has 5 nitrogen and oxygen atoms in total. The maximum absolute atomic E-state index is 13.2. The molecular formula is C21H19N3O2S. The molecule has 0 saturated heterocycles. The van der Waals surface area contributed by atoms with Gasteiger partial charge < -0.3 is 5.32 Å². The lowest BCUT2D eigenvalue weighted by molar-refractivity contribution is -0.118. The molecule has 136 valence electrons. The molecule has 6 heteroatoms. The van der Waals surface area contributed by atoms with E-state index in [0.29, 0.717) is 16.1 Å². The van der Waals surface area contributed by atoms with Crippen LogP contribution in [0.5, 0.6) is 0 Å². The molecular weight excluding hydrogens is 358 g/mol. The fourth-order valence-electron chi connectivity index (χ4n) is 2.71. The average molecular weight is 377 g/mol. The molecule has 0 aliphatic heterocycles. The molecule has 0 bridgehead atoms.